The lowest BCUT2D eigenvalue weighted by Gasteiger charge is -2.38. The third-order valence-corrected chi connectivity index (χ3v) is 3.94. The van der Waals surface area contributed by atoms with Gasteiger partial charge in [-0.3, -0.25) is 4.90 Å². The van der Waals surface area contributed by atoms with E-state index in [-0.39, 0.29) is 0 Å². The molecule has 0 aromatic heterocycles. The average Bonchev–Trinajstić information content (AvgIpc) is 2.17. The van der Waals surface area contributed by atoms with Gasteiger partial charge in [-0.05, 0) is 40.8 Å². The van der Waals surface area contributed by atoms with Crippen molar-refractivity contribution >= 4 is 0 Å². The molecule has 1 N–H and O–H groups in total. The van der Waals surface area contributed by atoms with E-state index in [1.165, 1.54) is 38.5 Å². The van der Waals surface area contributed by atoms with Crippen molar-refractivity contribution in [1.82, 2.24) is 10.2 Å². The Morgan fingerprint density at radius 2 is 1.67 bits per heavy atom. The minimum Gasteiger partial charge on any atom is -0.315 e. The molecule has 2 nitrogen and oxygen atoms in total. The maximum Gasteiger partial charge on any atom is 0.0248 e. The summed E-state index contributed by atoms with van der Waals surface area (Å²) in [5, 5.41) is 3.52. The van der Waals surface area contributed by atoms with Crippen LogP contribution in [-0.2, 0) is 0 Å². The van der Waals surface area contributed by atoms with Gasteiger partial charge in [-0.2, -0.15) is 0 Å². The lowest BCUT2D eigenvalue weighted by atomic mass is 9.91. The van der Waals surface area contributed by atoms with E-state index in [1.54, 1.807) is 0 Å². The van der Waals surface area contributed by atoms with Crippen LogP contribution < -0.4 is 5.32 Å². The Labute approximate surface area is 95.4 Å². The van der Waals surface area contributed by atoms with E-state index in [4.69, 9.17) is 0 Å². The first kappa shape index (κ1) is 13.0. The molecule has 15 heavy (non-hydrogen) atoms. The maximum atomic E-state index is 3.52. The predicted molar refractivity (Wildman–Crippen MR) is 67.2 cm³/mol. The average molecular weight is 212 g/mol. The van der Waals surface area contributed by atoms with Gasteiger partial charge in [0.1, 0.15) is 0 Å². The quantitative estimate of drug-likeness (QED) is 0.773. The summed E-state index contributed by atoms with van der Waals surface area (Å²) >= 11 is 0. The zero-order chi connectivity index (χ0) is 11.3. The lowest BCUT2D eigenvalue weighted by Crippen LogP contribution is -2.50. The molecule has 0 saturated heterocycles. The monoisotopic (exact) mass is 212 g/mol. The molecule has 90 valence electrons. The van der Waals surface area contributed by atoms with Crippen molar-refractivity contribution < 1.29 is 0 Å². The van der Waals surface area contributed by atoms with Gasteiger partial charge in [0.15, 0.2) is 0 Å². The van der Waals surface area contributed by atoms with Gasteiger partial charge in [0.25, 0.3) is 0 Å². The number of nitrogens with zero attached hydrogens (tertiary/aromatic N) is 1. The van der Waals surface area contributed by atoms with Gasteiger partial charge in [-0.1, -0.05) is 25.7 Å². The summed E-state index contributed by atoms with van der Waals surface area (Å²) in [6.45, 7) is 4.59. The standard InChI is InChI=1S/C13H28N2/c1-11(2)15(4)13-10-8-6-5-7-9-12(13)14-3/h11-14H,5-10H2,1-4H3. The Morgan fingerprint density at radius 1 is 1.07 bits per heavy atom. The summed E-state index contributed by atoms with van der Waals surface area (Å²) in [6, 6.07) is 2.08. The molecule has 0 heterocycles. The van der Waals surface area contributed by atoms with Crippen LogP contribution in [0.15, 0.2) is 0 Å². The van der Waals surface area contributed by atoms with Crippen LogP contribution in [0.1, 0.15) is 52.4 Å². The second-order valence-corrected chi connectivity index (χ2v) is 5.21. The highest BCUT2D eigenvalue weighted by Gasteiger charge is 2.25. The Morgan fingerprint density at radius 3 is 2.20 bits per heavy atom. The number of hydrogen-bond acceptors (Lipinski definition) is 2. The molecule has 0 radical (unpaired) electrons. The first-order valence-electron chi connectivity index (χ1n) is 6.56. The van der Waals surface area contributed by atoms with Crippen LogP contribution in [0, 0.1) is 0 Å². The fourth-order valence-corrected chi connectivity index (χ4v) is 2.67. The highest BCUT2D eigenvalue weighted by atomic mass is 15.2. The minimum absolute atomic E-state index is 0.658. The highest BCUT2D eigenvalue weighted by Crippen LogP contribution is 2.22. The first-order valence-corrected chi connectivity index (χ1v) is 6.56. The van der Waals surface area contributed by atoms with Gasteiger partial charge in [0.05, 0.1) is 0 Å². The second-order valence-electron chi connectivity index (χ2n) is 5.21. The van der Waals surface area contributed by atoms with Crippen molar-refractivity contribution in [2.24, 2.45) is 0 Å². The van der Waals surface area contributed by atoms with Crippen LogP contribution >= 0.6 is 0 Å². The Hall–Kier alpha value is -0.0800. The summed E-state index contributed by atoms with van der Waals surface area (Å²) in [4.78, 5) is 2.55. The molecular weight excluding hydrogens is 184 g/mol. The predicted octanol–water partition coefficient (Wildman–Crippen LogP) is 2.64. The fourth-order valence-electron chi connectivity index (χ4n) is 2.67. The molecule has 2 heteroatoms. The van der Waals surface area contributed by atoms with E-state index in [0.29, 0.717) is 12.1 Å². The van der Waals surface area contributed by atoms with Crippen LogP contribution in [0.4, 0.5) is 0 Å². The van der Waals surface area contributed by atoms with E-state index < -0.39 is 0 Å². The van der Waals surface area contributed by atoms with Gasteiger partial charge < -0.3 is 5.32 Å². The molecule has 0 bridgehead atoms. The minimum atomic E-state index is 0.658. The molecular formula is C13H28N2. The van der Waals surface area contributed by atoms with Crippen molar-refractivity contribution in [3.63, 3.8) is 0 Å². The molecule has 0 spiro atoms. The molecule has 1 aliphatic rings. The van der Waals surface area contributed by atoms with Crippen LogP contribution in [0.25, 0.3) is 0 Å². The van der Waals surface area contributed by atoms with Gasteiger partial charge in [-0.15, -0.1) is 0 Å². The molecule has 2 unspecified atom stereocenters. The molecule has 0 aromatic rings. The van der Waals surface area contributed by atoms with Gasteiger partial charge >= 0.3 is 0 Å². The molecule has 0 aliphatic heterocycles. The van der Waals surface area contributed by atoms with Crippen LogP contribution in [-0.4, -0.2) is 37.1 Å². The van der Waals surface area contributed by atoms with Crippen LogP contribution in [0.5, 0.6) is 0 Å². The topological polar surface area (TPSA) is 15.3 Å². The van der Waals surface area contributed by atoms with Crippen molar-refractivity contribution in [1.29, 1.82) is 0 Å². The number of likely N-dealkylation sites (N-methyl/N-ethyl adjacent to an activating group) is 2. The SMILES string of the molecule is CNC1CCCCCCC1N(C)C(C)C. The number of hydrogen-bond donors (Lipinski definition) is 1. The maximum absolute atomic E-state index is 3.52. The summed E-state index contributed by atoms with van der Waals surface area (Å²) in [5.74, 6) is 0. The van der Waals surface area contributed by atoms with Gasteiger partial charge in [0, 0.05) is 18.1 Å². The zero-order valence-corrected chi connectivity index (χ0v) is 10.9. The van der Waals surface area contributed by atoms with Gasteiger partial charge in [-0.25, -0.2) is 0 Å². The largest absolute Gasteiger partial charge is 0.315 e. The van der Waals surface area contributed by atoms with E-state index >= 15 is 0 Å². The van der Waals surface area contributed by atoms with Crippen molar-refractivity contribution in [2.45, 2.75) is 70.5 Å². The van der Waals surface area contributed by atoms with Crippen molar-refractivity contribution in [2.75, 3.05) is 14.1 Å². The number of nitrogens with one attached hydrogen (secondary N) is 1. The summed E-state index contributed by atoms with van der Waals surface area (Å²) in [5.41, 5.74) is 0. The van der Waals surface area contributed by atoms with Crippen LogP contribution in [0.3, 0.4) is 0 Å². The summed E-state index contributed by atoms with van der Waals surface area (Å²) in [7, 11) is 4.40. The third kappa shape index (κ3) is 3.76. The lowest BCUT2D eigenvalue weighted by molar-refractivity contribution is 0.135. The smallest absolute Gasteiger partial charge is 0.0248 e. The molecule has 1 aliphatic carbocycles. The van der Waals surface area contributed by atoms with Gasteiger partial charge in [0.2, 0.25) is 0 Å². The van der Waals surface area contributed by atoms with E-state index in [9.17, 15) is 0 Å². The zero-order valence-electron chi connectivity index (χ0n) is 10.9. The van der Waals surface area contributed by atoms with Crippen molar-refractivity contribution in [3.8, 4) is 0 Å². The van der Waals surface area contributed by atoms with E-state index in [0.717, 1.165) is 6.04 Å². The Bertz CT molecular complexity index is 168. The molecule has 0 amide bonds. The van der Waals surface area contributed by atoms with Crippen molar-refractivity contribution in [3.05, 3.63) is 0 Å². The second kappa shape index (κ2) is 6.49. The normalized spacial score (nSPS) is 29.2. The Kier molecular flexibility index (Phi) is 5.62. The first-order chi connectivity index (χ1) is 7.16. The summed E-state index contributed by atoms with van der Waals surface area (Å²) in [6.07, 6.45) is 8.36. The molecule has 1 fully saturated rings. The van der Waals surface area contributed by atoms with E-state index in [2.05, 4.69) is 38.2 Å². The summed E-state index contributed by atoms with van der Waals surface area (Å²) < 4.78 is 0. The van der Waals surface area contributed by atoms with E-state index in [1.807, 2.05) is 0 Å². The highest BCUT2D eigenvalue weighted by molar-refractivity contribution is 4.85. The molecule has 2 atom stereocenters. The molecule has 1 saturated carbocycles. The fraction of sp³-hybridized carbons (Fsp3) is 1.00. The molecule has 1 rings (SSSR count). The van der Waals surface area contributed by atoms with Crippen LogP contribution in [0.2, 0.25) is 0 Å². The third-order valence-electron chi connectivity index (χ3n) is 3.94. The Balaban J connectivity index is 2.60. The number of rotatable bonds is 3. The molecule has 0 aromatic carbocycles.